The molecule has 2 aliphatic rings. The number of likely N-dealkylation sites (N-methyl/N-ethyl adjacent to an activating group) is 1. The first kappa shape index (κ1) is 18.7. The molecular formula is C17H24Cl2N4O2. The molecule has 0 saturated carbocycles. The normalized spacial score (nSPS) is 23.0. The minimum absolute atomic E-state index is 0.0716. The van der Waals surface area contributed by atoms with Gasteiger partial charge in [0, 0.05) is 50.9 Å². The van der Waals surface area contributed by atoms with Gasteiger partial charge in [-0.1, -0.05) is 29.6 Å². The van der Waals surface area contributed by atoms with E-state index in [1.54, 1.807) is 0 Å². The highest BCUT2D eigenvalue weighted by Crippen LogP contribution is 2.37. The lowest BCUT2D eigenvalue weighted by Crippen LogP contribution is -2.52. The monoisotopic (exact) mass is 386 g/mol. The van der Waals surface area contributed by atoms with Crippen molar-refractivity contribution in [2.45, 2.75) is 25.3 Å². The van der Waals surface area contributed by atoms with Gasteiger partial charge >= 0.3 is 0 Å². The van der Waals surface area contributed by atoms with Crippen LogP contribution in [0.3, 0.4) is 0 Å². The van der Waals surface area contributed by atoms with Gasteiger partial charge in [-0.2, -0.15) is 0 Å². The predicted molar refractivity (Wildman–Crippen MR) is 102 cm³/mol. The van der Waals surface area contributed by atoms with Crippen molar-refractivity contribution in [2.75, 3.05) is 51.2 Å². The minimum Gasteiger partial charge on any atom is -0.367 e. The van der Waals surface area contributed by atoms with Crippen LogP contribution in [0.5, 0.6) is 0 Å². The van der Waals surface area contributed by atoms with E-state index in [1.165, 1.54) is 37.9 Å². The summed E-state index contributed by atoms with van der Waals surface area (Å²) < 4.78 is 0. The van der Waals surface area contributed by atoms with Crippen LogP contribution in [0, 0.1) is 10.1 Å². The fourth-order valence-corrected chi connectivity index (χ4v) is 4.50. The SMILES string of the molecule is CN1CCCCC1CN1CCN(c2c(Cl)cc([N+](=O)[O-])cc2Cl)CC1. The van der Waals surface area contributed by atoms with Crippen LogP contribution in [-0.2, 0) is 0 Å². The molecule has 1 atom stereocenters. The Balaban J connectivity index is 1.61. The third kappa shape index (κ3) is 4.37. The van der Waals surface area contributed by atoms with Gasteiger partial charge in [-0.3, -0.25) is 15.0 Å². The minimum atomic E-state index is -0.472. The van der Waals surface area contributed by atoms with Gasteiger partial charge < -0.3 is 9.80 Å². The van der Waals surface area contributed by atoms with Gasteiger partial charge in [0.25, 0.3) is 5.69 Å². The number of likely N-dealkylation sites (tertiary alicyclic amines) is 1. The number of nitrogens with zero attached hydrogens (tertiary/aromatic N) is 4. The Morgan fingerprint density at radius 2 is 1.76 bits per heavy atom. The van der Waals surface area contributed by atoms with Crippen LogP contribution in [-0.4, -0.2) is 67.1 Å². The summed E-state index contributed by atoms with van der Waals surface area (Å²) in [5.41, 5.74) is 0.640. The standard InChI is InChI=1S/C17H24Cl2N4O2/c1-20-5-3-2-4-13(20)12-21-6-8-22(9-7-21)17-15(18)10-14(23(24)25)11-16(17)19/h10-11,13H,2-9,12H2,1H3. The molecule has 0 aliphatic carbocycles. The molecule has 0 spiro atoms. The smallest absolute Gasteiger partial charge is 0.272 e. The second kappa shape index (κ2) is 8.08. The number of nitro groups is 1. The Morgan fingerprint density at radius 1 is 1.12 bits per heavy atom. The molecule has 0 N–H and O–H groups in total. The van der Waals surface area contributed by atoms with Crippen LogP contribution in [0.15, 0.2) is 12.1 Å². The highest BCUT2D eigenvalue weighted by atomic mass is 35.5. The average Bonchev–Trinajstić information content (AvgIpc) is 2.57. The number of rotatable bonds is 4. The van der Waals surface area contributed by atoms with Crippen LogP contribution >= 0.6 is 23.2 Å². The summed E-state index contributed by atoms with van der Waals surface area (Å²) in [5, 5.41) is 11.6. The van der Waals surface area contributed by atoms with E-state index in [9.17, 15) is 10.1 Å². The van der Waals surface area contributed by atoms with Gasteiger partial charge in [0.05, 0.1) is 20.7 Å². The van der Waals surface area contributed by atoms with Crippen LogP contribution in [0.25, 0.3) is 0 Å². The highest BCUT2D eigenvalue weighted by Gasteiger charge is 2.26. The second-order valence-corrected chi connectivity index (χ2v) is 7.75. The van der Waals surface area contributed by atoms with Crippen LogP contribution < -0.4 is 4.90 Å². The first-order valence-corrected chi connectivity index (χ1v) is 9.52. The Kier molecular flexibility index (Phi) is 6.04. The third-order valence-electron chi connectivity index (χ3n) is 5.29. The number of nitro benzene ring substituents is 1. The van der Waals surface area contributed by atoms with Gasteiger partial charge in [0.15, 0.2) is 0 Å². The molecule has 1 unspecified atom stereocenters. The largest absolute Gasteiger partial charge is 0.367 e. The lowest BCUT2D eigenvalue weighted by Gasteiger charge is -2.41. The van der Waals surface area contributed by atoms with E-state index >= 15 is 0 Å². The maximum Gasteiger partial charge on any atom is 0.272 e. The topological polar surface area (TPSA) is 52.9 Å². The highest BCUT2D eigenvalue weighted by molar-refractivity contribution is 6.39. The van der Waals surface area contributed by atoms with E-state index in [1.807, 2.05) is 0 Å². The number of benzene rings is 1. The summed E-state index contributed by atoms with van der Waals surface area (Å²) >= 11 is 12.5. The molecular weight excluding hydrogens is 363 g/mol. The van der Waals surface area contributed by atoms with Crippen molar-refractivity contribution in [3.05, 3.63) is 32.3 Å². The molecule has 0 bridgehead atoms. The van der Waals surface area contributed by atoms with Crippen LogP contribution in [0.2, 0.25) is 10.0 Å². The molecule has 8 heteroatoms. The molecule has 3 rings (SSSR count). The summed E-state index contributed by atoms with van der Waals surface area (Å²) in [5.74, 6) is 0. The lowest BCUT2D eigenvalue weighted by molar-refractivity contribution is -0.384. The zero-order valence-electron chi connectivity index (χ0n) is 14.5. The molecule has 25 heavy (non-hydrogen) atoms. The van der Waals surface area contributed by atoms with Crippen LogP contribution in [0.1, 0.15) is 19.3 Å². The second-order valence-electron chi connectivity index (χ2n) is 6.93. The van der Waals surface area contributed by atoms with E-state index in [0.717, 1.165) is 32.7 Å². The Hall–Kier alpha value is -1.08. The Morgan fingerprint density at radius 3 is 2.32 bits per heavy atom. The fourth-order valence-electron chi connectivity index (χ4n) is 3.79. The number of halogens is 2. The summed E-state index contributed by atoms with van der Waals surface area (Å²) in [6.07, 6.45) is 3.90. The first-order valence-electron chi connectivity index (χ1n) is 8.76. The molecule has 2 saturated heterocycles. The van der Waals surface area contributed by atoms with Crippen molar-refractivity contribution in [1.29, 1.82) is 0 Å². The van der Waals surface area contributed by atoms with E-state index in [4.69, 9.17) is 23.2 Å². The van der Waals surface area contributed by atoms with E-state index in [-0.39, 0.29) is 5.69 Å². The molecule has 0 radical (unpaired) electrons. The van der Waals surface area contributed by atoms with Crippen molar-refractivity contribution in [2.24, 2.45) is 0 Å². The van der Waals surface area contributed by atoms with Crippen molar-refractivity contribution in [3.8, 4) is 0 Å². The predicted octanol–water partition coefficient (Wildman–Crippen LogP) is 3.51. The Bertz CT molecular complexity index is 612. The summed E-state index contributed by atoms with van der Waals surface area (Å²) in [6.45, 7) is 5.86. The zero-order valence-corrected chi connectivity index (χ0v) is 16.0. The molecule has 2 heterocycles. The quantitative estimate of drug-likeness (QED) is 0.585. The van der Waals surface area contributed by atoms with Gasteiger partial charge in [-0.05, 0) is 26.4 Å². The number of non-ortho nitro benzene ring substituents is 1. The summed E-state index contributed by atoms with van der Waals surface area (Å²) in [4.78, 5) is 17.5. The molecule has 0 aromatic heterocycles. The number of hydrogen-bond donors (Lipinski definition) is 0. The summed E-state index contributed by atoms with van der Waals surface area (Å²) in [7, 11) is 2.22. The molecule has 138 valence electrons. The van der Waals surface area contributed by atoms with Gasteiger partial charge in [0.2, 0.25) is 0 Å². The number of hydrogen-bond acceptors (Lipinski definition) is 5. The number of piperazine rings is 1. The van der Waals surface area contributed by atoms with Crippen molar-refractivity contribution < 1.29 is 4.92 Å². The summed E-state index contributed by atoms with van der Waals surface area (Å²) in [6, 6.07) is 3.41. The van der Waals surface area contributed by atoms with E-state index in [2.05, 4.69) is 21.7 Å². The van der Waals surface area contributed by atoms with Gasteiger partial charge in [-0.15, -0.1) is 0 Å². The molecule has 2 fully saturated rings. The van der Waals surface area contributed by atoms with Crippen molar-refractivity contribution >= 4 is 34.6 Å². The molecule has 2 aliphatic heterocycles. The van der Waals surface area contributed by atoms with Gasteiger partial charge in [-0.25, -0.2) is 0 Å². The van der Waals surface area contributed by atoms with Crippen LogP contribution in [0.4, 0.5) is 11.4 Å². The van der Waals surface area contributed by atoms with E-state index in [0.29, 0.717) is 21.8 Å². The first-order chi connectivity index (χ1) is 12.0. The zero-order chi connectivity index (χ0) is 18.0. The van der Waals surface area contributed by atoms with Crippen molar-refractivity contribution in [3.63, 3.8) is 0 Å². The lowest BCUT2D eigenvalue weighted by atomic mass is 10.0. The average molecular weight is 387 g/mol. The maximum atomic E-state index is 10.9. The van der Waals surface area contributed by atoms with Gasteiger partial charge in [0.1, 0.15) is 0 Å². The molecule has 1 aromatic rings. The number of piperidine rings is 1. The third-order valence-corrected chi connectivity index (χ3v) is 5.87. The Labute approximate surface area is 158 Å². The number of anilines is 1. The maximum absolute atomic E-state index is 10.9. The van der Waals surface area contributed by atoms with Crippen molar-refractivity contribution in [1.82, 2.24) is 9.80 Å². The fraction of sp³-hybridized carbons (Fsp3) is 0.647. The molecule has 0 amide bonds. The molecule has 6 nitrogen and oxygen atoms in total. The van der Waals surface area contributed by atoms with E-state index < -0.39 is 4.92 Å². The molecule has 1 aromatic carbocycles.